The van der Waals surface area contributed by atoms with Crippen molar-refractivity contribution in [2.75, 3.05) is 12.3 Å². The summed E-state index contributed by atoms with van der Waals surface area (Å²) in [4.78, 5) is 0. The van der Waals surface area contributed by atoms with E-state index in [1.807, 2.05) is 0 Å². The lowest BCUT2D eigenvalue weighted by atomic mass is 9.91. The molecule has 2 unspecified atom stereocenters. The van der Waals surface area contributed by atoms with Crippen LogP contribution in [0.15, 0.2) is 24.3 Å². The van der Waals surface area contributed by atoms with E-state index in [1.165, 1.54) is 12.3 Å². The Morgan fingerprint density at radius 1 is 1.23 bits per heavy atom. The van der Waals surface area contributed by atoms with Crippen molar-refractivity contribution >= 4 is 7.92 Å². The van der Waals surface area contributed by atoms with Gasteiger partial charge >= 0.3 is 0 Å². The molecular formula is C12H21P. The van der Waals surface area contributed by atoms with Gasteiger partial charge in [-0.2, -0.15) is 0 Å². The maximum absolute atomic E-state index is 2.43. The van der Waals surface area contributed by atoms with Gasteiger partial charge in [0.15, 0.2) is 0 Å². The van der Waals surface area contributed by atoms with E-state index < -0.39 is 0 Å². The number of allylic oxidation sites excluding steroid dienone is 4. The molecule has 0 amide bonds. The molecule has 0 bridgehead atoms. The highest BCUT2D eigenvalue weighted by Gasteiger charge is 2.34. The van der Waals surface area contributed by atoms with E-state index in [2.05, 4.69) is 52.0 Å². The van der Waals surface area contributed by atoms with Crippen molar-refractivity contribution in [2.24, 2.45) is 5.92 Å². The zero-order chi connectivity index (χ0) is 9.90. The fourth-order valence-corrected chi connectivity index (χ4v) is 4.90. The zero-order valence-corrected chi connectivity index (χ0v) is 10.1. The van der Waals surface area contributed by atoms with Crippen LogP contribution in [0.2, 0.25) is 0 Å². The second kappa shape index (κ2) is 4.42. The van der Waals surface area contributed by atoms with Crippen LogP contribution in [-0.4, -0.2) is 17.5 Å². The fraction of sp³-hybridized carbons (Fsp3) is 0.667. The average molecular weight is 196 g/mol. The van der Waals surface area contributed by atoms with Gasteiger partial charge in [-0.05, 0) is 18.2 Å². The van der Waals surface area contributed by atoms with Crippen LogP contribution in [0.25, 0.3) is 0 Å². The molecule has 0 aromatic heterocycles. The van der Waals surface area contributed by atoms with Gasteiger partial charge in [-0.25, -0.2) is 0 Å². The molecule has 0 heterocycles. The van der Waals surface area contributed by atoms with Crippen molar-refractivity contribution in [2.45, 2.75) is 32.9 Å². The van der Waals surface area contributed by atoms with Crippen LogP contribution in [0.3, 0.4) is 0 Å². The predicted molar refractivity (Wildman–Crippen MR) is 63.9 cm³/mol. The minimum absolute atomic E-state index is 0.166. The Morgan fingerprint density at radius 3 is 2.31 bits per heavy atom. The van der Waals surface area contributed by atoms with Gasteiger partial charge in [-0.15, -0.1) is 0 Å². The van der Waals surface area contributed by atoms with Crippen molar-refractivity contribution in [1.29, 1.82) is 0 Å². The smallest absolute Gasteiger partial charge is 0.0118 e. The number of hydrogen-bond acceptors (Lipinski definition) is 0. The van der Waals surface area contributed by atoms with Crippen molar-refractivity contribution in [3.8, 4) is 0 Å². The van der Waals surface area contributed by atoms with Gasteiger partial charge < -0.3 is 0 Å². The van der Waals surface area contributed by atoms with E-state index >= 15 is 0 Å². The summed E-state index contributed by atoms with van der Waals surface area (Å²) < 4.78 is 0. The molecule has 0 saturated carbocycles. The minimum atomic E-state index is 0.166. The van der Waals surface area contributed by atoms with Crippen LogP contribution in [0.5, 0.6) is 0 Å². The van der Waals surface area contributed by atoms with Crippen LogP contribution >= 0.6 is 7.92 Å². The van der Waals surface area contributed by atoms with Gasteiger partial charge in [0.2, 0.25) is 0 Å². The van der Waals surface area contributed by atoms with E-state index in [4.69, 9.17) is 0 Å². The maximum Gasteiger partial charge on any atom is 0.0118 e. The highest BCUT2D eigenvalue weighted by molar-refractivity contribution is 7.59. The third-order valence-electron chi connectivity index (χ3n) is 3.31. The van der Waals surface area contributed by atoms with E-state index in [-0.39, 0.29) is 7.92 Å². The van der Waals surface area contributed by atoms with Gasteiger partial charge in [-0.3, -0.25) is 0 Å². The first-order valence-corrected chi connectivity index (χ1v) is 6.97. The van der Waals surface area contributed by atoms with Crippen LogP contribution in [-0.2, 0) is 0 Å². The molecule has 0 aromatic rings. The summed E-state index contributed by atoms with van der Waals surface area (Å²) in [5.74, 6) is 0.712. The fourth-order valence-electron chi connectivity index (χ4n) is 2.13. The first kappa shape index (κ1) is 11.0. The molecular weight excluding hydrogens is 175 g/mol. The Kier molecular flexibility index (Phi) is 3.74. The summed E-state index contributed by atoms with van der Waals surface area (Å²) in [7, 11) is 0.166. The molecule has 0 aromatic carbocycles. The topological polar surface area (TPSA) is 0 Å². The van der Waals surface area contributed by atoms with Crippen LogP contribution in [0.1, 0.15) is 27.7 Å². The minimum Gasteiger partial charge on any atom is -0.0967 e. The third kappa shape index (κ3) is 2.05. The average Bonchev–Trinajstić information content (AvgIpc) is 2.12. The van der Waals surface area contributed by atoms with Crippen molar-refractivity contribution < 1.29 is 0 Å². The number of rotatable bonds is 3. The Morgan fingerprint density at radius 2 is 1.85 bits per heavy atom. The Hall–Kier alpha value is -0.0900. The molecule has 0 nitrogen and oxygen atoms in total. The van der Waals surface area contributed by atoms with Crippen molar-refractivity contribution in [3.63, 3.8) is 0 Å². The molecule has 0 spiro atoms. The Bertz CT molecular complexity index is 213. The van der Waals surface area contributed by atoms with Gasteiger partial charge in [-0.1, -0.05) is 59.9 Å². The molecule has 2 atom stereocenters. The van der Waals surface area contributed by atoms with Gasteiger partial charge in [0.1, 0.15) is 0 Å². The van der Waals surface area contributed by atoms with Crippen LogP contribution < -0.4 is 0 Å². The lowest BCUT2D eigenvalue weighted by Gasteiger charge is -2.40. The summed E-state index contributed by atoms with van der Waals surface area (Å²) in [6.07, 6.45) is 11.9. The summed E-state index contributed by atoms with van der Waals surface area (Å²) in [5, 5.41) is 0.452. The predicted octanol–water partition coefficient (Wildman–Crippen LogP) is 4.03. The van der Waals surface area contributed by atoms with Crippen molar-refractivity contribution in [3.05, 3.63) is 24.3 Å². The third-order valence-corrected chi connectivity index (χ3v) is 6.76. The zero-order valence-electron chi connectivity index (χ0n) is 9.25. The first-order chi connectivity index (χ1) is 6.15. The second-order valence-corrected chi connectivity index (χ2v) is 7.24. The second-order valence-electron chi connectivity index (χ2n) is 3.93. The van der Waals surface area contributed by atoms with E-state index in [0.29, 0.717) is 11.1 Å². The summed E-state index contributed by atoms with van der Waals surface area (Å²) >= 11 is 0. The van der Waals surface area contributed by atoms with Gasteiger partial charge in [0.05, 0.1) is 0 Å². The van der Waals surface area contributed by atoms with Crippen molar-refractivity contribution in [1.82, 2.24) is 0 Å². The molecule has 1 aliphatic carbocycles. The lowest BCUT2D eigenvalue weighted by molar-refractivity contribution is 0.587. The lowest BCUT2D eigenvalue weighted by Crippen LogP contribution is -2.30. The molecule has 0 aliphatic heterocycles. The monoisotopic (exact) mass is 196 g/mol. The highest BCUT2D eigenvalue weighted by atomic mass is 31.1. The van der Waals surface area contributed by atoms with Crippen LogP contribution in [0, 0.1) is 5.92 Å². The standard InChI is InChI=1S/C12H21P/c1-5-13(6-2)12(4)10-8-7-9-11(12)3/h7-11H,5-6H2,1-4H3. The maximum atomic E-state index is 2.43. The SMILES string of the molecule is CCP(CC)C1(C)C=CC=CC1C. The summed E-state index contributed by atoms with van der Waals surface area (Å²) in [6.45, 7) is 9.44. The largest absolute Gasteiger partial charge is 0.0967 e. The van der Waals surface area contributed by atoms with E-state index in [9.17, 15) is 0 Å². The van der Waals surface area contributed by atoms with E-state index in [0.717, 1.165) is 0 Å². The van der Waals surface area contributed by atoms with Gasteiger partial charge in [0.25, 0.3) is 0 Å². The molecule has 13 heavy (non-hydrogen) atoms. The van der Waals surface area contributed by atoms with Gasteiger partial charge in [0, 0.05) is 5.16 Å². The molecule has 0 radical (unpaired) electrons. The molecule has 74 valence electrons. The molecule has 1 aliphatic rings. The molecule has 1 heteroatoms. The van der Waals surface area contributed by atoms with E-state index in [1.54, 1.807) is 0 Å². The molecule has 0 saturated heterocycles. The molecule has 1 rings (SSSR count). The highest BCUT2D eigenvalue weighted by Crippen LogP contribution is 2.55. The number of hydrogen-bond donors (Lipinski definition) is 0. The normalized spacial score (nSPS) is 32.8. The summed E-state index contributed by atoms with van der Waals surface area (Å²) in [5.41, 5.74) is 0. The van der Waals surface area contributed by atoms with Crippen LogP contribution in [0.4, 0.5) is 0 Å². The quantitative estimate of drug-likeness (QED) is 0.598. The Balaban J connectivity index is 2.84. The Labute approximate surface area is 83.9 Å². The summed E-state index contributed by atoms with van der Waals surface area (Å²) in [6, 6.07) is 0. The molecule has 0 fully saturated rings. The molecule has 0 N–H and O–H groups in total. The first-order valence-electron chi connectivity index (χ1n) is 5.26.